The molecule has 0 saturated carbocycles. The van der Waals surface area contributed by atoms with Crippen molar-refractivity contribution in [3.8, 4) is 11.5 Å². The lowest BCUT2D eigenvalue weighted by atomic mass is 9.86. The maximum atomic E-state index is 12.7. The largest absolute Gasteiger partial charge is 0.500 e. The Hall–Kier alpha value is -3.63. The predicted molar refractivity (Wildman–Crippen MR) is 93.3 cm³/mol. The highest BCUT2D eigenvalue weighted by atomic mass is 16.6. The molecule has 3 rings (SSSR count). The van der Waals surface area contributed by atoms with Crippen LogP contribution >= 0.6 is 0 Å². The fourth-order valence-electron chi connectivity index (χ4n) is 3.20. The molecule has 11 heteroatoms. The molecule has 0 fully saturated rings. The molecule has 2 heterocycles. The fraction of sp³-hybridized carbons (Fsp3) is 0.312. The van der Waals surface area contributed by atoms with Gasteiger partial charge >= 0.3 is 11.4 Å². The summed E-state index contributed by atoms with van der Waals surface area (Å²) in [6.07, 6.45) is -0.161. The smallest absolute Gasteiger partial charge is 0.332 e. The Morgan fingerprint density at radius 1 is 1.26 bits per heavy atom. The summed E-state index contributed by atoms with van der Waals surface area (Å²) in [5.74, 6) is -2.08. The highest BCUT2D eigenvalue weighted by molar-refractivity contribution is 5.94. The normalized spacial score (nSPS) is 15.8. The number of carbonyl (C=O) groups excluding carboxylic acids is 1. The van der Waals surface area contributed by atoms with E-state index in [1.54, 1.807) is 0 Å². The van der Waals surface area contributed by atoms with Gasteiger partial charge in [-0.1, -0.05) is 0 Å². The Labute approximate surface area is 151 Å². The van der Waals surface area contributed by atoms with Crippen LogP contribution in [0.5, 0.6) is 11.5 Å². The van der Waals surface area contributed by atoms with Crippen LogP contribution in [0, 0.1) is 10.1 Å². The number of aromatic nitrogens is 2. The first-order chi connectivity index (χ1) is 12.7. The number of hydrogen-bond acceptors (Lipinski definition) is 7. The second-order valence-electron chi connectivity index (χ2n) is 6.12. The number of nitrogens with zero attached hydrogens (tertiary/aromatic N) is 3. The first-order valence-electron chi connectivity index (χ1n) is 7.82. The zero-order chi connectivity index (χ0) is 20.0. The van der Waals surface area contributed by atoms with Crippen LogP contribution in [0.2, 0.25) is 0 Å². The Morgan fingerprint density at radius 2 is 1.93 bits per heavy atom. The standard InChI is InChI=1S/C16H16N4O7/c1-18-14-12(15(23)19(2)16(18)24)8(6-11(21)17-14)7-4-9(20(25)26)13(22)10(5-7)27-3/h4-5,8,22H,6H2,1-3H3,(H,17,21). The minimum Gasteiger partial charge on any atom is -0.500 e. The Kier molecular flexibility index (Phi) is 4.22. The van der Waals surface area contributed by atoms with Crippen LogP contribution in [-0.2, 0) is 18.9 Å². The van der Waals surface area contributed by atoms with Gasteiger partial charge in [0.2, 0.25) is 11.7 Å². The van der Waals surface area contributed by atoms with Gasteiger partial charge in [-0.15, -0.1) is 0 Å². The van der Waals surface area contributed by atoms with Crippen molar-refractivity contribution in [1.29, 1.82) is 0 Å². The number of nitro groups is 1. The number of carbonyl (C=O) groups is 1. The Morgan fingerprint density at radius 3 is 2.52 bits per heavy atom. The molecule has 1 unspecified atom stereocenters. The molecule has 1 aliphatic rings. The molecule has 2 N–H and O–H groups in total. The van der Waals surface area contributed by atoms with Gasteiger partial charge in [-0.2, -0.15) is 0 Å². The van der Waals surface area contributed by atoms with E-state index in [0.717, 1.165) is 15.2 Å². The third kappa shape index (κ3) is 2.72. The first kappa shape index (κ1) is 18.2. The van der Waals surface area contributed by atoms with E-state index in [4.69, 9.17) is 4.74 Å². The van der Waals surface area contributed by atoms with Gasteiger partial charge in [0.05, 0.1) is 17.6 Å². The second kappa shape index (κ2) is 6.27. The SMILES string of the molecule is COc1cc(C2CC(=O)Nc3c2c(=O)n(C)c(=O)n3C)cc([N+](=O)[O-])c1O. The Balaban J connectivity index is 2.34. The van der Waals surface area contributed by atoms with Crippen LogP contribution < -0.4 is 21.3 Å². The van der Waals surface area contributed by atoms with Crippen molar-refractivity contribution in [2.24, 2.45) is 14.1 Å². The molecule has 0 saturated heterocycles. The van der Waals surface area contributed by atoms with Gasteiger partial charge in [-0.25, -0.2) is 4.79 Å². The van der Waals surface area contributed by atoms with Crippen molar-refractivity contribution in [2.45, 2.75) is 12.3 Å². The van der Waals surface area contributed by atoms with Crippen molar-refractivity contribution in [3.63, 3.8) is 0 Å². The molecule has 2 aromatic rings. The molecular weight excluding hydrogens is 360 g/mol. The van der Waals surface area contributed by atoms with Crippen molar-refractivity contribution in [3.05, 3.63) is 54.2 Å². The number of anilines is 1. The van der Waals surface area contributed by atoms with E-state index in [1.165, 1.54) is 27.3 Å². The van der Waals surface area contributed by atoms with E-state index in [1.807, 2.05) is 0 Å². The van der Waals surface area contributed by atoms with E-state index in [-0.39, 0.29) is 29.1 Å². The molecule has 1 aliphatic heterocycles. The summed E-state index contributed by atoms with van der Waals surface area (Å²) in [6.45, 7) is 0. The quantitative estimate of drug-likeness (QED) is 0.574. The van der Waals surface area contributed by atoms with E-state index in [0.29, 0.717) is 0 Å². The minimum atomic E-state index is -0.854. The third-order valence-corrected chi connectivity index (χ3v) is 4.59. The zero-order valence-electron chi connectivity index (χ0n) is 14.7. The van der Waals surface area contributed by atoms with Crippen LogP contribution in [0.1, 0.15) is 23.5 Å². The van der Waals surface area contributed by atoms with Gasteiger partial charge in [-0.05, 0) is 11.6 Å². The number of amides is 1. The number of aromatic hydroxyl groups is 1. The van der Waals surface area contributed by atoms with E-state index >= 15 is 0 Å². The van der Waals surface area contributed by atoms with Crippen LogP contribution in [0.25, 0.3) is 0 Å². The van der Waals surface area contributed by atoms with Crippen molar-refractivity contribution in [2.75, 3.05) is 12.4 Å². The number of ether oxygens (including phenoxy) is 1. The number of benzene rings is 1. The van der Waals surface area contributed by atoms with Crippen LogP contribution in [0.3, 0.4) is 0 Å². The van der Waals surface area contributed by atoms with Crippen LogP contribution in [-0.4, -0.2) is 32.2 Å². The van der Waals surface area contributed by atoms with E-state index in [2.05, 4.69) is 5.32 Å². The lowest BCUT2D eigenvalue weighted by Gasteiger charge is -2.27. The summed E-state index contributed by atoms with van der Waals surface area (Å²) in [6, 6.07) is 2.43. The van der Waals surface area contributed by atoms with Gasteiger partial charge < -0.3 is 15.2 Å². The third-order valence-electron chi connectivity index (χ3n) is 4.59. The highest BCUT2D eigenvalue weighted by Gasteiger charge is 2.34. The zero-order valence-corrected chi connectivity index (χ0v) is 14.7. The second-order valence-corrected chi connectivity index (χ2v) is 6.12. The molecule has 1 atom stereocenters. The number of nitrogens with one attached hydrogen (secondary N) is 1. The molecule has 0 radical (unpaired) electrons. The average molecular weight is 376 g/mol. The molecule has 1 aromatic heterocycles. The maximum Gasteiger partial charge on any atom is 0.332 e. The molecule has 1 amide bonds. The van der Waals surface area contributed by atoms with Crippen LogP contribution in [0.4, 0.5) is 11.5 Å². The van der Waals surface area contributed by atoms with Crippen molar-refractivity contribution in [1.82, 2.24) is 9.13 Å². The molecule has 27 heavy (non-hydrogen) atoms. The van der Waals surface area contributed by atoms with Gasteiger partial charge in [0, 0.05) is 32.5 Å². The first-order valence-corrected chi connectivity index (χ1v) is 7.82. The molecule has 0 spiro atoms. The summed E-state index contributed by atoms with van der Waals surface area (Å²) in [5.41, 5.74) is -1.48. The number of phenols is 1. The number of methoxy groups -OCH3 is 1. The molecule has 1 aromatic carbocycles. The van der Waals surface area contributed by atoms with Crippen LogP contribution in [0.15, 0.2) is 21.7 Å². The lowest BCUT2D eigenvalue weighted by Crippen LogP contribution is -2.44. The van der Waals surface area contributed by atoms with Gasteiger partial charge in [-0.3, -0.25) is 28.8 Å². The molecule has 0 bridgehead atoms. The molecule has 142 valence electrons. The number of nitro benzene ring substituents is 1. The summed E-state index contributed by atoms with van der Waals surface area (Å²) in [5, 5.41) is 23.7. The van der Waals surface area contributed by atoms with E-state index < -0.39 is 39.4 Å². The van der Waals surface area contributed by atoms with Gasteiger partial charge in [0.25, 0.3) is 5.56 Å². The topological polar surface area (TPSA) is 146 Å². The van der Waals surface area contributed by atoms with E-state index in [9.17, 15) is 29.6 Å². The summed E-state index contributed by atoms with van der Waals surface area (Å²) >= 11 is 0. The monoisotopic (exact) mass is 376 g/mol. The lowest BCUT2D eigenvalue weighted by molar-refractivity contribution is -0.386. The minimum absolute atomic E-state index is 0.0408. The van der Waals surface area contributed by atoms with Crippen molar-refractivity contribution >= 4 is 17.4 Å². The highest BCUT2D eigenvalue weighted by Crippen LogP contribution is 2.42. The summed E-state index contributed by atoms with van der Waals surface area (Å²) in [7, 11) is 3.94. The number of fused-ring (bicyclic) bond motifs is 1. The van der Waals surface area contributed by atoms with Gasteiger partial charge in [0.15, 0.2) is 5.75 Å². The molecule has 0 aliphatic carbocycles. The number of phenolic OH excluding ortho intramolecular Hbond substituents is 1. The fourth-order valence-corrected chi connectivity index (χ4v) is 3.20. The Bertz CT molecular complexity index is 1100. The van der Waals surface area contributed by atoms with Crippen molar-refractivity contribution < 1.29 is 19.6 Å². The summed E-state index contributed by atoms with van der Waals surface area (Å²) in [4.78, 5) is 47.5. The number of hydrogen-bond donors (Lipinski definition) is 2. The molecule has 11 nitrogen and oxygen atoms in total. The molecular formula is C16H16N4O7. The summed E-state index contributed by atoms with van der Waals surface area (Å²) < 4.78 is 7.02. The average Bonchev–Trinajstić information content (AvgIpc) is 2.63. The maximum absolute atomic E-state index is 12.7. The van der Waals surface area contributed by atoms with Gasteiger partial charge in [0.1, 0.15) is 5.82 Å². The predicted octanol–water partition coefficient (Wildman–Crippen LogP) is 0.180. The number of rotatable bonds is 3.